The highest BCUT2D eigenvalue weighted by atomic mass is 16.6. The molecule has 1 aliphatic heterocycles. The summed E-state index contributed by atoms with van der Waals surface area (Å²) in [5.74, 6) is -0.0454. The summed E-state index contributed by atoms with van der Waals surface area (Å²) in [7, 11) is 0. The van der Waals surface area contributed by atoms with Crippen molar-refractivity contribution in [2.45, 2.75) is 13.8 Å². The number of rotatable bonds is 3. The molecule has 114 valence electrons. The number of carbonyl (C=O) groups excluding carboxylic acids is 1. The summed E-state index contributed by atoms with van der Waals surface area (Å²) < 4.78 is 5.31. The molecule has 0 bridgehead atoms. The Morgan fingerprint density at radius 3 is 2.48 bits per heavy atom. The molecule has 1 heterocycles. The lowest BCUT2D eigenvalue weighted by molar-refractivity contribution is -0.130. The quantitative estimate of drug-likeness (QED) is 0.627. The maximum Gasteiger partial charge on any atom is 0.363 e. The molecule has 0 N–H and O–H groups in total. The molecule has 23 heavy (non-hydrogen) atoms. The van der Waals surface area contributed by atoms with Crippen molar-refractivity contribution in [2.75, 3.05) is 0 Å². The zero-order valence-corrected chi connectivity index (χ0v) is 13.1. The van der Waals surface area contributed by atoms with Gasteiger partial charge in [0.25, 0.3) is 0 Å². The van der Waals surface area contributed by atoms with E-state index in [4.69, 9.17) is 4.74 Å². The van der Waals surface area contributed by atoms with Gasteiger partial charge in [0.15, 0.2) is 5.70 Å². The monoisotopic (exact) mass is 303 g/mol. The number of hydrogen-bond donors (Lipinski definition) is 0. The Labute approximate surface area is 135 Å². The zero-order chi connectivity index (χ0) is 16.2. The van der Waals surface area contributed by atoms with E-state index in [1.54, 1.807) is 6.08 Å². The lowest BCUT2D eigenvalue weighted by Gasteiger charge is -2.02. The Morgan fingerprint density at radius 2 is 1.74 bits per heavy atom. The van der Waals surface area contributed by atoms with Crippen LogP contribution < -0.4 is 0 Å². The summed E-state index contributed by atoms with van der Waals surface area (Å²) in [6.07, 6.45) is 3.75. The molecule has 1 aliphatic rings. The van der Waals surface area contributed by atoms with Gasteiger partial charge in [-0.25, -0.2) is 9.79 Å². The molecule has 3 rings (SSSR count). The normalized spacial score (nSPS) is 16.4. The van der Waals surface area contributed by atoms with Crippen LogP contribution in [0.3, 0.4) is 0 Å². The molecule has 0 fully saturated rings. The summed E-state index contributed by atoms with van der Waals surface area (Å²) >= 11 is 0. The molecule has 0 aromatic heterocycles. The van der Waals surface area contributed by atoms with Gasteiger partial charge in [-0.05, 0) is 42.7 Å². The van der Waals surface area contributed by atoms with Crippen LogP contribution >= 0.6 is 0 Å². The Hall–Kier alpha value is -2.94. The van der Waals surface area contributed by atoms with E-state index in [1.165, 1.54) is 0 Å². The highest BCUT2D eigenvalue weighted by molar-refractivity contribution is 6.11. The molecule has 0 saturated heterocycles. The summed E-state index contributed by atoms with van der Waals surface area (Å²) in [5, 5.41) is 0. The molecule has 0 amide bonds. The van der Waals surface area contributed by atoms with E-state index in [0.29, 0.717) is 11.6 Å². The standard InChI is InChI=1S/C20H17NO2/c1-14(12-16-9-4-3-5-10-16)13-18-20(22)23-19(21-18)17-11-7-6-8-15(17)2/h3-13H,1-2H3/b14-12-,18-13-. The van der Waals surface area contributed by atoms with Crippen LogP contribution in [0.1, 0.15) is 23.6 Å². The van der Waals surface area contributed by atoms with Crippen LogP contribution in [-0.2, 0) is 9.53 Å². The van der Waals surface area contributed by atoms with E-state index in [2.05, 4.69) is 4.99 Å². The molecular formula is C20H17NO2. The van der Waals surface area contributed by atoms with Gasteiger partial charge in [-0.3, -0.25) is 0 Å². The Kier molecular flexibility index (Phi) is 4.20. The van der Waals surface area contributed by atoms with Crippen molar-refractivity contribution in [3.8, 4) is 0 Å². The molecule has 0 radical (unpaired) electrons. The number of allylic oxidation sites excluding steroid dienone is 2. The zero-order valence-electron chi connectivity index (χ0n) is 13.1. The first kappa shape index (κ1) is 15.0. The second kappa shape index (κ2) is 6.44. The van der Waals surface area contributed by atoms with Crippen LogP contribution in [0.5, 0.6) is 0 Å². The average molecular weight is 303 g/mol. The van der Waals surface area contributed by atoms with Crippen LogP contribution in [-0.4, -0.2) is 11.9 Å². The smallest absolute Gasteiger partial charge is 0.363 e. The number of esters is 1. The number of aryl methyl sites for hydroxylation is 1. The van der Waals surface area contributed by atoms with Crippen molar-refractivity contribution < 1.29 is 9.53 Å². The van der Waals surface area contributed by atoms with Crippen molar-refractivity contribution in [1.29, 1.82) is 0 Å². The van der Waals surface area contributed by atoms with Crippen molar-refractivity contribution in [1.82, 2.24) is 0 Å². The topological polar surface area (TPSA) is 38.7 Å². The first-order chi connectivity index (χ1) is 11.1. The highest BCUT2D eigenvalue weighted by Crippen LogP contribution is 2.20. The minimum atomic E-state index is -0.413. The number of carbonyl (C=O) groups is 1. The minimum absolute atomic E-state index is 0.327. The third kappa shape index (κ3) is 3.46. The van der Waals surface area contributed by atoms with E-state index < -0.39 is 5.97 Å². The van der Waals surface area contributed by atoms with Gasteiger partial charge >= 0.3 is 5.97 Å². The van der Waals surface area contributed by atoms with Gasteiger partial charge in [0, 0.05) is 5.56 Å². The molecule has 3 heteroatoms. The van der Waals surface area contributed by atoms with Gasteiger partial charge in [-0.1, -0.05) is 54.6 Å². The molecule has 0 atom stereocenters. The average Bonchev–Trinajstić information content (AvgIpc) is 2.89. The lowest BCUT2D eigenvalue weighted by atomic mass is 10.1. The fourth-order valence-corrected chi connectivity index (χ4v) is 2.41. The van der Waals surface area contributed by atoms with E-state index in [-0.39, 0.29) is 0 Å². The largest absolute Gasteiger partial charge is 0.402 e. The van der Waals surface area contributed by atoms with E-state index in [1.807, 2.05) is 74.5 Å². The van der Waals surface area contributed by atoms with Crippen molar-refractivity contribution in [2.24, 2.45) is 4.99 Å². The van der Waals surface area contributed by atoms with Crippen LogP contribution in [0, 0.1) is 6.92 Å². The van der Waals surface area contributed by atoms with Gasteiger partial charge in [0.1, 0.15) is 0 Å². The Morgan fingerprint density at radius 1 is 1.04 bits per heavy atom. The number of hydrogen-bond acceptors (Lipinski definition) is 3. The van der Waals surface area contributed by atoms with Crippen LogP contribution in [0.4, 0.5) is 0 Å². The van der Waals surface area contributed by atoms with E-state index in [0.717, 1.165) is 22.3 Å². The third-order valence-electron chi connectivity index (χ3n) is 3.55. The van der Waals surface area contributed by atoms with Gasteiger partial charge in [-0.15, -0.1) is 0 Å². The molecule has 0 unspecified atom stereocenters. The summed E-state index contributed by atoms with van der Waals surface area (Å²) in [6.45, 7) is 3.91. The first-order valence-electron chi connectivity index (χ1n) is 7.45. The molecule has 2 aromatic carbocycles. The second-order valence-corrected chi connectivity index (χ2v) is 5.45. The summed E-state index contributed by atoms with van der Waals surface area (Å²) in [4.78, 5) is 16.4. The van der Waals surface area contributed by atoms with Gasteiger partial charge in [-0.2, -0.15) is 0 Å². The SMILES string of the molecule is CC(=C/c1ccccc1)/C=C1\N=C(c2ccccc2C)OC1=O. The fourth-order valence-electron chi connectivity index (χ4n) is 2.41. The van der Waals surface area contributed by atoms with Crippen LogP contribution in [0.15, 0.2) is 76.9 Å². The molecule has 0 spiro atoms. The number of cyclic esters (lactones) is 1. The minimum Gasteiger partial charge on any atom is -0.402 e. The van der Waals surface area contributed by atoms with Crippen molar-refractivity contribution >= 4 is 17.9 Å². The van der Waals surface area contributed by atoms with Crippen molar-refractivity contribution in [3.05, 3.63) is 88.6 Å². The molecule has 2 aromatic rings. The number of aliphatic imine (C=N–C) groups is 1. The van der Waals surface area contributed by atoms with Crippen LogP contribution in [0.25, 0.3) is 6.08 Å². The molecule has 0 aliphatic carbocycles. The Balaban J connectivity index is 1.89. The molecule has 3 nitrogen and oxygen atoms in total. The third-order valence-corrected chi connectivity index (χ3v) is 3.55. The predicted molar refractivity (Wildman–Crippen MR) is 92.0 cm³/mol. The van der Waals surface area contributed by atoms with Crippen molar-refractivity contribution in [3.63, 3.8) is 0 Å². The highest BCUT2D eigenvalue weighted by Gasteiger charge is 2.24. The summed E-state index contributed by atoms with van der Waals surface area (Å²) in [5.41, 5.74) is 4.22. The molecular weight excluding hydrogens is 286 g/mol. The maximum atomic E-state index is 12.0. The van der Waals surface area contributed by atoms with Crippen LogP contribution in [0.2, 0.25) is 0 Å². The second-order valence-electron chi connectivity index (χ2n) is 5.45. The van der Waals surface area contributed by atoms with Gasteiger partial charge in [0.2, 0.25) is 5.90 Å². The lowest BCUT2D eigenvalue weighted by Crippen LogP contribution is -2.06. The van der Waals surface area contributed by atoms with E-state index in [9.17, 15) is 4.79 Å². The number of ether oxygens (including phenoxy) is 1. The summed E-state index contributed by atoms with van der Waals surface area (Å²) in [6, 6.07) is 17.7. The fraction of sp³-hybridized carbons (Fsp3) is 0.100. The number of benzene rings is 2. The van der Waals surface area contributed by atoms with Gasteiger partial charge in [0.05, 0.1) is 0 Å². The van der Waals surface area contributed by atoms with E-state index >= 15 is 0 Å². The van der Waals surface area contributed by atoms with Gasteiger partial charge < -0.3 is 4.74 Å². The molecule has 0 saturated carbocycles. The first-order valence-corrected chi connectivity index (χ1v) is 7.45. The maximum absolute atomic E-state index is 12.0. The Bertz CT molecular complexity index is 830. The number of nitrogens with zero attached hydrogens (tertiary/aromatic N) is 1. The predicted octanol–water partition coefficient (Wildman–Crippen LogP) is 4.29.